The second kappa shape index (κ2) is 23.6. The average Bonchev–Trinajstić information content (AvgIpc) is 3.37. The Balaban J connectivity index is 1.10. The molecular formula is C53H69ClN2O14+2. The summed E-state index contributed by atoms with van der Waals surface area (Å²) in [5.41, 5.74) is 6.47. The maximum Gasteiger partial charge on any atom is 0.350 e. The number of benzene rings is 4. The van der Waals surface area contributed by atoms with Crippen molar-refractivity contribution in [2.45, 2.75) is 44.2 Å². The van der Waals surface area contributed by atoms with Crippen molar-refractivity contribution in [2.24, 2.45) is 0 Å². The zero-order valence-corrected chi connectivity index (χ0v) is 43.4. The number of nitrogens with zero attached hydrogens (tertiary/aromatic N) is 2. The summed E-state index contributed by atoms with van der Waals surface area (Å²) in [5.74, 6) is 4.29. The lowest BCUT2D eigenvalue weighted by Gasteiger charge is -2.46. The molecule has 0 bridgehead atoms. The number of carbonyl (C=O) groups is 2. The summed E-state index contributed by atoms with van der Waals surface area (Å²) < 4.78 is 69.4. The Bertz CT molecular complexity index is 2480. The highest BCUT2D eigenvalue weighted by atomic mass is 35.5. The molecule has 0 radical (unpaired) electrons. The Hall–Kier alpha value is -6.23. The molecule has 0 unspecified atom stereocenters. The normalized spacial score (nSPS) is 19.4. The van der Waals surface area contributed by atoms with Crippen molar-refractivity contribution < 1.29 is 75.4 Å². The molecule has 0 N–H and O–H groups in total. The molecular weight excluding hydrogens is 924 g/mol. The van der Waals surface area contributed by atoms with Gasteiger partial charge in [0.1, 0.15) is 17.1 Å². The monoisotopic (exact) mass is 992 g/mol. The molecule has 0 spiro atoms. The summed E-state index contributed by atoms with van der Waals surface area (Å²) in [5, 5.41) is -0.366. The third kappa shape index (κ3) is 11.3. The maximum absolute atomic E-state index is 13.1. The van der Waals surface area contributed by atoms with Crippen molar-refractivity contribution in [3.8, 4) is 57.5 Å². The molecule has 380 valence electrons. The number of likely N-dealkylation sites (N-methyl/N-ethyl adjacent to an activating group) is 2. The molecule has 2 heterocycles. The van der Waals surface area contributed by atoms with E-state index in [1.807, 2.05) is 36.4 Å². The molecule has 0 fully saturated rings. The Morgan fingerprint density at radius 1 is 0.543 bits per heavy atom. The van der Waals surface area contributed by atoms with Crippen LogP contribution in [0.15, 0.2) is 59.6 Å². The maximum atomic E-state index is 13.1. The first kappa shape index (κ1) is 53.1. The summed E-state index contributed by atoms with van der Waals surface area (Å²) in [7, 11) is 20.5. The van der Waals surface area contributed by atoms with Crippen LogP contribution in [0, 0.1) is 0 Å². The number of methoxy groups -OCH3 is 10. The fourth-order valence-corrected chi connectivity index (χ4v) is 10.3. The summed E-state index contributed by atoms with van der Waals surface area (Å²) in [4.78, 5) is 26.1. The van der Waals surface area contributed by atoms with Crippen molar-refractivity contribution >= 4 is 23.5 Å². The summed E-state index contributed by atoms with van der Waals surface area (Å²) >= 11 is 6.36. The lowest BCUT2D eigenvalue weighted by atomic mass is 9.85. The fraction of sp³-hybridized carbons (Fsp3) is 0.472. The number of fused-ring (bicyclic) bond motifs is 2. The highest BCUT2D eigenvalue weighted by molar-refractivity contribution is 6.42. The summed E-state index contributed by atoms with van der Waals surface area (Å²) in [6.07, 6.45) is 4.25. The van der Waals surface area contributed by atoms with E-state index >= 15 is 0 Å². The minimum atomic E-state index is -0.810. The zero-order chi connectivity index (χ0) is 50.8. The summed E-state index contributed by atoms with van der Waals surface area (Å²) in [6, 6.07) is 15.9. The van der Waals surface area contributed by atoms with Crippen LogP contribution in [0.5, 0.6) is 57.5 Å². The Kier molecular flexibility index (Phi) is 17.9. The van der Waals surface area contributed by atoms with E-state index in [2.05, 4.69) is 26.2 Å². The summed E-state index contributed by atoms with van der Waals surface area (Å²) in [6.45, 7) is 3.09. The number of quaternary nitrogens is 2. The predicted molar refractivity (Wildman–Crippen MR) is 264 cm³/mol. The van der Waals surface area contributed by atoms with Crippen LogP contribution in [-0.2, 0) is 38.3 Å². The molecule has 4 aromatic rings. The second-order valence-electron chi connectivity index (χ2n) is 17.8. The third-order valence-electron chi connectivity index (χ3n) is 13.8. The average molecular weight is 994 g/mol. The van der Waals surface area contributed by atoms with Crippen molar-refractivity contribution in [3.63, 3.8) is 0 Å². The van der Waals surface area contributed by atoms with Crippen LogP contribution in [0.2, 0.25) is 0 Å². The van der Waals surface area contributed by atoms with Gasteiger partial charge in [-0.05, 0) is 65.2 Å². The molecule has 70 heavy (non-hydrogen) atoms. The van der Waals surface area contributed by atoms with Crippen LogP contribution in [0.4, 0.5) is 0 Å². The van der Waals surface area contributed by atoms with Gasteiger partial charge < -0.3 is 65.8 Å². The highest BCUT2D eigenvalue weighted by Crippen LogP contribution is 2.49. The van der Waals surface area contributed by atoms with Gasteiger partial charge in [0.15, 0.2) is 46.0 Å². The van der Waals surface area contributed by atoms with Gasteiger partial charge >= 0.3 is 11.9 Å². The molecule has 17 heteroatoms. The molecule has 4 atom stereocenters. The Labute approximate surface area is 416 Å². The Morgan fingerprint density at radius 2 is 0.971 bits per heavy atom. The third-order valence-corrected chi connectivity index (χ3v) is 14.1. The molecule has 0 aromatic heterocycles. The van der Waals surface area contributed by atoms with Crippen molar-refractivity contribution in [1.29, 1.82) is 0 Å². The quantitative estimate of drug-likeness (QED) is 0.0308. The number of hydrogen-bond acceptors (Lipinski definition) is 14. The molecule has 2 aliphatic heterocycles. The molecule has 0 amide bonds. The smallest absolute Gasteiger partial charge is 0.350 e. The van der Waals surface area contributed by atoms with Gasteiger partial charge in [0.2, 0.25) is 11.5 Å². The number of rotatable bonds is 23. The SMILES string of the molecule is COc1cc2c(cc1OC)[C@H](c1cc(OC)c(OC)c(OC)c1)[N@@+](C)(CCCOC(=O)/C(Cl)=C\C(=O)OCCC[N@+]1(C)CCc3cc(OC)c(OC)cc3[C@H]1Cc1cc(OC)c(OC)c(OC)c1)CC2. The predicted octanol–water partition coefficient (Wildman–Crippen LogP) is 7.84. The lowest BCUT2D eigenvalue weighted by molar-refractivity contribution is -0.941. The number of halogens is 1. The van der Waals surface area contributed by atoms with E-state index in [4.69, 9.17) is 68.4 Å². The molecule has 0 saturated heterocycles. The highest BCUT2D eigenvalue weighted by Gasteiger charge is 2.43. The van der Waals surface area contributed by atoms with Gasteiger partial charge in [0, 0.05) is 54.9 Å². The minimum absolute atomic E-state index is 0.0190. The van der Waals surface area contributed by atoms with Gasteiger partial charge in [-0.3, -0.25) is 0 Å². The van der Waals surface area contributed by atoms with E-state index in [1.165, 1.54) is 5.56 Å². The van der Waals surface area contributed by atoms with E-state index in [9.17, 15) is 9.59 Å². The van der Waals surface area contributed by atoms with Crippen LogP contribution in [0.1, 0.15) is 58.3 Å². The van der Waals surface area contributed by atoms with Crippen LogP contribution >= 0.6 is 11.6 Å². The fourth-order valence-electron chi connectivity index (χ4n) is 10.2. The number of hydrogen-bond donors (Lipinski definition) is 0. The van der Waals surface area contributed by atoms with Crippen LogP contribution in [0.25, 0.3) is 0 Å². The van der Waals surface area contributed by atoms with Gasteiger partial charge in [-0.25, -0.2) is 9.59 Å². The van der Waals surface area contributed by atoms with Crippen molar-refractivity contribution in [1.82, 2.24) is 0 Å². The van der Waals surface area contributed by atoms with Gasteiger partial charge in [-0.1, -0.05) is 11.6 Å². The molecule has 0 saturated carbocycles. The number of esters is 2. The van der Waals surface area contributed by atoms with Gasteiger partial charge in [0.25, 0.3) is 0 Å². The molecule has 6 rings (SSSR count). The largest absolute Gasteiger partial charge is 0.493 e. The minimum Gasteiger partial charge on any atom is -0.493 e. The van der Waals surface area contributed by atoms with Crippen molar-refractivity contribution in [3.05, 3.63) is 93.0 Å². The van der Waals surface area contributed by atoms with Gasteiger partial charge in [0.05, 0.1) is 125 Å². The van der Waals surface area contributed by atoms with E-state index < -0.39 is 11.9 Å². The van der Waals surface area contributed by atoms with Crippen LogP contribution in [0.3, 0.4) is 0 Å². The molecule has 16 nitrogen and oxygen atoms in total. The first-order chi connectivity index (χ1) is 33.7. The molecule has 2 aliphatic rings. The molecule has 4 aromatic carbocycles. The van der Waals surface area contributed by atoms with E-state index in [-0.39, 0.29) is 30.3 Å². The molecule has 0 aliphatic carbocycles. The second-order valence-corrected chi connectivity index (χ2v) is 18.2. The number of carbonyl (C=O) groups excluding carboxylic acids is 2. The topological polar surface area (TPSA) is 145 Å². The van der Waals surface area contributed by atoms with Crippen LogP contribution in [-0.4, -0.2) is 145 Å². The first-order valence-corrected chi connectivity index (χ1v) is 23.5. The van der Waals surface area contributed by atoms with Gasteiger partial charge in [-0.2, -0.15) is 0 Å². The van der Waals surface area contributed by atoms with Gasteiger partial charge in [-0.15, -0.1) is 0 Å². The number of ether oxygens (including phenoxy) is 12. The van der Waals surface area contributed by atoms with E-state index in [0.29, 0.717) is 98.8 Å². The first-order valence-electron chi connectivity index (χ1n) is 23.2. The Morgan fingerprint density at radius 3 is 1.47 bits per heavy atom. The zero-order valence-electron chi connectivity index (χ0n) is 42.6. The van der Waals surface area contributed by atoms with E-state index in [0.717, 1.165) is 59.8 Å². The van der Waals surface area contributed by atoms with E-state index in [1.54, 1.807) is 71.1 Å². The standard InChI is InChI=1S/C53H69ClN2O14/c1-55(19-15-34-26-41(59-3)43(61-5)30-37(34)40(55)23-33-24-45(63-7)51(67-11)46(25-33)64-8)17-13-21-69-49(57)32-39(54)53(58)70-22-14-18-56(2)20-16-35-27-42(60-4)44(62-6)31-38(35)50(56)36-28-47(65-9)52(68-12)48(29-36)66-10/h24-32,40,50H,13-23H2,1-12H3/q+2/b39-32+/t40-,50+,55-,56+/m1/s1. The van der Waals surface area contributed by atoms with Crippen LogP contribution < -0.4 is 47.4 Å². The van der Waals surface area contributed by atoms with Crippen molar-refractivity contribution in [2.75, 3.05) is 125 Å². The lowest BCUT2D eigenvalue weighted by Crippen LogP contribution is -2.52.